The van der Waals surface area contributed by atoms with Crippen LogP contribution in [0.4, 0.5) is 10.1 Å². The van der Waals surface area contributed by atoms with Crippen LogP contribution in [0.5, 0.6) is 0 Å². The zero-order valence-electron chi connectivity index (χ0n) is 11.8. The van der Waals surface area contributed by atoms with E-state index in [4.69, 9.17) is 4.74 Å². The van der Waals surface area contributed by atoms with Gasteiger partial charge in [-0.25, -0.2) is 4.39 Å². The molecule has 3 rings (SSSR count). The van der Waals surface area contributed by atoms with E-state index in [2.05, 4.69) is 0 Å². The average molecular weight is 277 g/mol. The minimum Gasteiger partial charge on any atom is -0.365 e. The minimum absolute atomic E-state index is 0.0150. The highest BCUT2D eigenvalue weighted by atomic mass is 19.1. The standard InChI is InChI=1S/C16H20FNO2/c1-2-20-16(9-3-4-10-16)15(19)18-11-8-12-13(17)6-5-7-14(12)18/h5-7H,2-4,8-11H2,1H3. The zero-order valence-corrected chi connectivity index (χ0v) is 11.8. The number of ether oxygens (including phenoxy) is 1. The third-order valence-corrected chi connectivity index (χ3v) is 4.44. The van der Waals surface area contributed by atoms with Crippen LogP contribution >= 0.6 is 0 Å². The number of carbonyl (C=O) groups excluding carboxylic acids is 1. The van der Waals surface area contributed by atoms with Gasteiger partial charge in [0, 0.05) is 24.4 Å². The molecule has 108 valence electrons. The van der Waals surface area contributed by atoms with Crippen LogP contribution in [-0.2, 0) is 16.0 Å². The second kappa shape index (κ2) is 5.17. The number of hydrogen-bond donors (Lipinski definition) is 0. The smallest absolute Gasteiger partial charge is 0.259 e. The largest absolute Gasteiger partial charge is 0.365 e. The van der Waals surface area contributed by atoms with Gasteiger partial charge >= 0.3 is 0 Å². The summed E-state index contributed by atoms with van der Waals surface area (Å²) in [5.41, 5.74) is 0.703. The molecule has 20 heavy (non-hydrogen) atoms. The van der Waals surface area contributed by atoms with Crippen molar-refractivity contribution in [2.24, 2.45) is 0 Å². The molecule has 1 aromatic rings. The monoisotopic (exact) mass is 277 g/mol. The van der Waals surface area contributed by atoms with Crippen LogP contribution in [0.1, 0.15) is 38.2 Å². The second-order valence-electron chi connectivity index (χ2n) is 5.58. The van der Waals surface area contributed by atoms with Crippen LogP contribution in [0.25, 0.3) is 0 Å². The number of benzene rings is 1. The van der Waals surface area contributed by atoms with Gasteiger partial charge in [0.05, 0.1) is 0 Å². The quantitative estimate of drug-likeness (QED) is 0.849. The Bertz CT molecular complexity index is 523. The van der Waals surface area contributed by atoms with Crippen LogP contribution in [0, 0.1) is 5.82 Å². The summed E-state index contributed by atoms with van der Waals surface area (Å²) >= 11 is 0. The van der Waals surface area contributed by atoms with Crippen LogP contribution < -0.4 is 4.90 Å². The van der Waals surface area contributed by atoms with Gasteiger partial charge in [0.1, 0.15) is 11.4 Å². The molecule has 0 aromatic heterocycles. The molecule has 1 aliphatic carbocycles. The van der Waals surface area contributed by atoms with E-state index in [1.165, 1.54) is 6.07 Å². The summed E-state index contributed by atoms with van der Waals surface area (Å²) in [6, 6.07) is 4.96. The first-order valence-electron chi connectivity index (χ1n) is 7.41. The van der Waals surface area contributed by atoms with E-state index in [9.17, 15) is 9.18 Å². The molecule has 1 aliphatic heterocycles. The van der Waals surface area contributed by atoms with Crippen molar-refractivity contribution >= 4 is 11.6 Å². The Morgan fingerprint density at radius 1 is 1.40 bits per heavy atom. The lowest BCUT2D eigenvalue weighted by Gasteiger charge is -2.32. The summed E-state index contributed by atoms with van der Waals surface area (Å²) in [6.07, 6.45) is 4.20. The van der Waals surface area contributed by atoms with Crippen molar-refractivity contribution in [1.29, 1.82) is 0 Å². The van der Waals surface area contributed by atoms with Crippen molar-refractivity contribution in [2.45, 2.75) is 44.6 Å². The fourth-order valence-electron chi connectivity index (χ4n) is 3.49. The number of anilines is 1. The Hall–Kier alpha value is -1.42. The molecular weight excluding hydrogens is 257 g/mol. The van der Waals surface area contributed by atoms with Gasteiger partial charge < -0.3 is 9.64 Å². The van der Waals surface area contributed by atoms with Gasteiger partial charge in [-0.1, -0.05) is 6.07 Å². The maximum Gasteiger partial charge on any atom is 0.259 e. The number of nitrogens with zero attached hydrogens (tertiary/aromatic N) is 1. The highest BCUT2D eigenvalue weighted by Gasteiger charge is 2.46. The number of halogens is 1. The predicted molar refractivity (Wildman–Crippen MR) is 75.3 cm³/mol. The predicted octanol–water partition coefficient (Wildman–Crippen LogP) is 3.06. The van der Waals surface area contributed by atoms with Crippen LogP contribution in [0.3, 0.4) is 0 Å². The van der Waals surface area contributed by atoms with E-state index in [-0.39, 0.29) is 11.7 Å². The van der Waals surface area contributed by atoms with Gasteiger partial charge in [0.25, 0.3) is 5.91 Å². The van der Waals surface area contributed by atoms with Crippen LogP contribution in [0.15, 0.2) is 18.2 Å². The molecule has 0 atom stereocenters. The summed E-state index contributed by atoms with van der Waals surface area (Å²) in [5, 5.41) is 0. The molecule has 0 radical (unpaired) electrons. The molecule has 1 heterocycles. The summed E-state index contributed by atoms with van der Waals surface area (Å²) < 4.78 is 19.6. The third-order valence-electron chi connectivity index (χ3n) is 4.44. The number of hydrogen-bond acceptors (Lipinski definition) is 2. The third kappa shape index (κ3) is 2.03. The van der Waals surface area contributed by atoms with Gasteiger partial charge in [0.15, 0.2) is 0 Å². The molecule has 3 nitrogen and oxygen atoms in total. The molecule has 2 aliphatic rings. The highest BCUT2D eigenvalue weighted by molar-refractivity contribution is 6.01. The van der Waals surface area contributed by atoms with Crippen molar-refractivity contribution in [1.82, 2.24) is 0 Å². The number of fused-ring (bicyclic) bond motifs is 1. The van der Waals surface area contributed by atoms with Crippen molar-refractivity contribution in [3.8, 4) is 0 Å². The Labute approximate surface area is 118 Å². The average Bonchev–Trinajstić information content (AvgIpc) is 3.06. The van der Waals surface area contributed by atoms with E-state index < -0.39 is 5.60 Å². The van der Waals surface area contributed by atoms with Gasteiger partial charge in [0.2, 0.25) is 0 Å². The molecular formula is C16H20FNO2. The van der Waals surface area contributed by atoms with Crippen molar-refractivity contribution in [3.05, 3.63) is 29.6 Å². The Balaban J connectivity index is 1.91. The Kier molecular flexibility index (Phi) is 3.50. The molecule has 4 heteroatoms. The van der Waals surface area contributed by atoms with Gasteiger partial charge in [-0.15, -0.1) is 0 Å². The van der Waals surface area contributed by atoms with Crippen LogP contribution in [0.2, 0.25) is 0 Å². The first-order chi connectivity index (χ1) is 9.68. The van der Waals surface area contributed by atoms with Gasteiger partial charge in [-0.2, -0.15) is 0 Å². The number of amides is 1. The number of carbonyl (C=O) groups is 1. The number of rotatable bonds is 3. The lowest BCUT2D eigenvalue weighted by molar-refractivity contribution is -0.142. The maximum absolute atomic E-state index is 13.8. The van der Waals surface area contributed by atoms with E-state index in [1.54, 1.807) is 11.0 Å². The fourth-order valence-corrected chi connectivity index (χ4v) is 3.49. The summed E-state index contributed by atoms with van der Waals surface area (Å²) in [5.74, 6) is -0.198. The first kappa shape index (κ1) is 13.6. The molecule has 0 N–H and O–H groups in total. The van der Waals surface area contributed by atoms with Crippen molar-refractivity contribution in [2.75, 3.05) is 18.1 Å². The second-order valence-corrected chi connectivity index (χ2v) is 5.58. The molecule has 1 saturated carbocycles. The SMILES string of the molecule is CCOC1(C(=O)N2CCc3c(F)cccc32)CCCC1. The molecule has 0 saturated heterocycles. The normalized spacial score (nSPS) is 20.2. The summed E-state index contributed by atoms with van der Waals surface area (Å²) in [4.78, 5) is 14.6. The lowest BCUT2D eigenvalue weighted by Crippen LogP contribution is -2.49. The van der Waals surface area contributed by atoms with Crippen molar-refractivity contribution in [3.63, 3.8) is 0 Å². The van der Waals surface area contributed by atoms with E-state index in [0.717, 1.165) is 31.4 Å². The summed E-state index contributed by atoms with van der Waals surface area (Å²) in [6.45, 7) is 3.02. The Morgan fingerprint density at radius 2 is 2.15 bits per heavy atom. The van der Waals surface area contributed by atoms with Crippen molar-refractivity contribution < 1.29 is 13.9 Å². The first-order valence-corrected chi connectivity index (χ1v) is 7.41. The maximum atomic E-state index is 13.8. The highest BCUT2D eigenvalue weighted by Crippen LogP contribution is 2.39. The molecule has 0 bridgehead atoms. The Morgan fingerprint density at radius 3 is 2.85 bits per heavy atom. The summed E-state index contributed by atoms with van der Waals surface area (Å²) in [7, 11) is 0. The molecule has 1 amide bonds. The lowest BCUT2D eigenvalue weighted by atomic mass is 10.00. The van der Waals surface area contributed by atoms with E-state index in [1.807, 2.05) is 13.0 Å². The van der Waals surface area contributed by atoms with Gasteiger partial charge in [-0.3, -0.25) is 4.79 Å². The minimum atomic E-state index is -0.678. The molecule has 1 fully saturated rings. The molecule has 1 aromatic carbocycles. The zero-order chi connectivity index (χ0) is 14.2. The van der Waals surface area contributed by atoms with E-state index >= 15 is 0 Å². The van der Waals surface area contributed by atoms with E-state index in [0.29, 0.717) is 25.1 Å². The molecule has 0 unspecified atom stereocenters. The molecule has 0 spiro atoms. The van der Waals surface area contributed by atoms with Gasteiger partial charge in [-0.05, 0) is 51.2 Å². The van der Waals surface area contributed by atoms with Crippen LogP contribution in [-0.4, -0.2) is 24.7 Å². The fraction of sp³-hybridized carbons (Fsp3) is 0.562. The topological polar surface area (TPSA) is 29.5 Å².